The van der Waals surface area contributed by atoms with Crippen LogP contribution in [0.15, 0.2) is 16.9 Å². The Balaban J connectivity index is 1.24. The average molecular weight is 460 g/mol. The number of nitrogens with one attached hydrogen (secondary N) is 1. The van der Waals surface area contributed by atoms with Crippen LogP contribution in [0.2, 0.25) is 0 Å². The summed E-state index contributed by atoms with van der Waals surface area (Å²) >= 11 is 0. The molecule has 12 heteroatoms. The van der Waals surface area contributed by atoms with Gasteiger partial charge in [-0.25, -0.2) is 13.5 Å². The molecule has 0 unspecified atom stereocenters. The molecule has 10 nitrogen and oxygen atoms in total. The highest BCUT2D eigenvalue weighted by Gasteiger charge is 2.25. The molecule has 2 fully saturated rings. The maximum absolute atomic E-state index is 14.8. The molecule has 33 heavy (non-hydrogen) atoms. The Morgan fingerprint density at radius 3 is 2.39 bits per heavy atom. The zero-order valence-corrected chi connectivity index (χ0v) is 18.4. The van der Waals surface area contributed by atoms with E-state index >= 15 is 0 Å². The van der Waals surface area contributed by atoms with E-state index in [9.17, 15) is 13.6 Å². The number of aromatic nitrogens is 5. The van der Waals surface area contributed by atoms with E-state index in [1.165, 1.54) is 29.7 Å². The van der Waals surface area contributed by atoms with Gasteiger partial charge in [-0.1, -0.05) is 5.21 Å². The average Bonchev–Trinajstić information content (AvgIpc) is 3.44. The summed E-state index contributed by atoms with van der Waals surface area (Å²) in [6.45, 7) is 4.87. The van der Waals surface area contributed by atoms with Gasteiger partial charge in [0.15, 0.2) is 22.8 Å². The van der Waals surface area contributed by atoms with Gasteiger partial charge < -0.3 is 14.5 Å². The number of aromatic amines is 1. The second kappa shape index (κ2) is 8.93. The molecule has 2 aliphatic heterocycles. The standard InChI is InChI=1S/C21H26F2N8O2/c1-28-19-17(26-27-28)20(32)25-21(24-19)31-8-6-30(7-9-31)18-15(22)12-14(13-16(18)23)33-11-10-29-4-2-3-5-29/h12-13H,2-11H2,1H3,(H,24,25,32). The van der Waals surface area contributed by atoms with Crippen molar-refractivity contribution in [2.75, 3.05) is 62.2 Å². The third-order valence-corrected chi connectivity index (χ3v) is 6.21. The number of piperazine rings is 1. The summed E-state index contributed by atoms with van der Waals surface area (Å²) < 4.78 is 36.7. The molecule has 0 bridgehead atoms. The smallest absolute Gasteiger partial charge is 0.282 e. The van der Waals surface area contributed by atoms with Crippen molar-refractivity contribution in [3.8, 4) is 5.75 Å². The number of anilines is 2. The molecule has 3 aromatic rings. The number of halogens is 2. The maximum atomic E-state index is 14.8. The Labute approximate surface area is 188 Å². The van der Waals surface area contributed by atoms with Crippen LogP contribution in [0.25, 0.3) is 11.2 Å². The van der Waals surface area contributed by atoms with Crippen molar-refractivity contribution in [2.45, 2.75) is 12.8 Å². The van der Waals surface area contributed by atoms with Crippen LogP contribution in [0.1, 0.15) is 12.8 Å². The Kier molecular flexibility index (Phi) is 5.83. The molecule has 2 aliphatic rings. The molecular weight excluding hydrogens is 434 g/mol. The lowest BCUT2D eigenvalue weighted by atomic mass is 10.2. The lowest BCUT2D eigenvalue weighted by Crippen LogP contribution is -2.48. The van der Waals surface area contributed by atoms with Gasteiger partial charge in [-0.15, -0.1) is 5.10 Å². The summed E-state index contributed by atoms with van der Waals surface area (Å²) in [6, 6.07) is 2.49. The summed E-state index contributed by atoms with van der Waals surface area (Å²) in [5.74, 6) is -0.700. The number of likely N-dealkylation sites (tertiary alicyclic amines) is 1. The van der Waals surface area contributed by atoms with E-state index in [0.717, 1.165) is 19.6 Å². The quantitative estimate of drug-likeness (QED) is 0.585. The largest absolute Gasteiger partial charge is 0.492 e. The lowest BCUT2D eigenvalue weighted by molar-refractivity contribution is 0.236. The first-order valence-electron chi connectivity index (χ1n) is 11.1. The molecule has 0 radical (unpaired) electrons. The van der Waals surface area contributed by atoms with Gasteiger partial charge in [0.25, 0.3) is 5.56 Å². The van der Waals surface area contributed by atoms with Gasteiger partial charge in [0.2, 0.25) is 5.95 Å². The van der Waals surface area contributed by atoms with Gasteiger partial charge >= 0.3 is 0 Å². The minimum absolute atomic E-state index is 0.0608. The van der Waals surface area contributed by atoms with Crippen LogP contribution in [-0.4, -0.2) is 82.3 Å². The highest BCUT2D eigenvalue weighted by molar-refractivity contribution is 5.69. The maximum Gasteiger partial charge on any atom is 0.282 e. The molecule has 0 saturated carbocycles. The van der Waals surface area contributed by atoms with Crippen molar-refractivity contribution in [2.24, 2.45) is 7.05 Å². The van der Waals surface area contributed by atoms with Crippen LogP contribution in [0.3, 0.4) is 0 Å². The fraction of sp³-hybridized carbons (Fsp3) is 0.524. The van der Waals surface area contributed by atoms with E-state index in [-0.39, 0.29) is 22.5 Å². The first-order chi connectivity index (χ1) is 16.0. The number of hydrogen-bond donors (Lipinski definition) is 1. The van der Waals surface area contributed by atoms with Gasteiger partial charge in [0.05, 0.1) is 0 Å². The van der Waals surface area contributed by atoms with Crippen molar-refractivity contribution >= 4 is 22.8 Å². The number of nitrogens with zero attached hydrogens (tertiary/aromatic N) is 7. The molecule has 5 rings (SSSR count). The number of ether oxygens (including phenoxy) is 1. The summed E-state index contributed by atoms with van der Waals surface area (Å²) in [6.07, 6.45) is 2.37. The van der Waals surface area contributed by atoms with Crippen LogP contribution in [0, 0.1) is 11.6 Å². The predicted molar refractivity (Wildman–Crippen MR) is 119 cm³/mol. The van der Waals surface area contributed by atoms with Crippen molar-refractivity contribution in [1.82, 2.24) is 29.9 Å². The number of fused-ring (bicyclic) bond motifs is 1. The molecule has 1 aromatic carbocycles. The monoisotopic (exact) mass is 460 g/mol. The van der Waals surface area contributed by atoms with Crippen LogP contribution in [0.4, 0.5) is 20.4 Å². The van der Waals surface area contributed by atoms with Crippen LogP contribution >= 0.6 is 0 Å². The normalized spacial score (nSPS) is 17.3. The van der Waals surface area contributed by atoms with E-state index in [2.05, 4.69) is 25.2 Å². The second-order valence-corrected chi connectivity index (χ2v) is 8.38. The highest BCUT2D eigenvalue weighted by Crippen LogP contribution is 2.29. The number of H-pyrrole nitrogens is 1. The molecule has 176 valence electrons. The predicted octanol–water partition coefficient (Wildman–Crippen LogP) is 1.13. The third-order valence-electron chi connectivity index (χ3n) is 6.21. The SMILES string of the molecule is Cn1nnc2c(=O)[nH]c(N3CCN(c4c(F)cc(OCCN5CCCC5)cc4F)CC3)nc21. The molecule has 0 spiro atoms. The van der Waals surface area contributed by atoms with Crippen molar-refractivity contribution in [3.05, 3.63) is 34.1 Å². The molecule has 0 atom stereocenters. The Morgan fingerprint density at radius 2 is 1.70 bits per heavy atom. The van der Waals surface area contributed by atoms with Crippen LogP contribution in [0.5, 0.6) is 5.75 Å². The first-order valence-corrected chi connectivity index (χ1v) is 11.1. The number of hydrogen-bond acceptors (Lipinski definition) is 8. The fourth-order valence-electron chi connectivity index (χ4n) is 4.43. The Bertz CT molecular complexity index is 1180. The van der Waals surface area contributed by atoms with Gasteiger partial charge in [-0.2, -0.15) is 4.98 Å². The summed E-state index contributed by atoms with van der Waals surface area (Å²) in [5.41, 5.74) is 0.123. The number of benzene rings is 1. The Hall–Kier alpha value is -3.28. The highest BCUT2D eigenvalue weighted by atomic mass is 19.1. The summed E-state index contributed by atoms with van der Waals surface area (Å²) in [5, 5.41) is 7.63. The van der Waals surface area contributed by atoms with Gasteiger partial charge in [-0.05, 0) is 25.9 Å². The molecule has 0 amide bonds. The molecule has 2 aromatic heterocycles. The van der Waals surface area contributed by atoms with Crippen molar-refractivity contribution in [3.63, 3.8) is 0 Å². The molecule has 1 N–H and O–H groups in total. The van der Waals surface area contributed by atoms with Gasteiger partial charge in [0.1, 0.15) is 18.0 Å². The zero-order valence-electron chi connectivity index (χ0n) is 18.4. The zero-order chi connectivity index (χ0) is 22.9. The second-order valence-electron chi connectivity index (χ2n) is 8.38. The minimum Gasteiger partial charge on any atom is -0.492 e. The minimum atomic E-state index is -0.645. The van der Waals surface area contributed by atoms with Crippen LogP contribution in [-0.2, 0) is 7.05 Å². The molecule has 4 heterocycles. The third kappa shape index (κ3) is 4.34. The van der Waals surface area contributed by atoms with Gasteiger partial charge in [-0.3, -0.25) is 14.7 Å². The van der Waals surface area contributed by atoms with Crippen LogP contribution < -0.4 is 20.1 Å². The van der Waals surface area contributed by atoms with Crippen molar-refractivity contribution < 1.29 is 13.5 Å². The number of rotatable bonds is 6. The topological polar surface area (TPSA) is 95.4 Å². The van der Waals surface area contributed by atoms with Crippen molar-refractivity contribution in [1.29, 1.82) is 0 Å². The lowest BCUT2D eigenvalue weighted by Gasteiger charge is -2.36. The first kappa shape index (κ1) is 21.6. The van der Waals surface area contributed by atoms with Gasteiger partial charge in [0, 0.05) is 51.9 Å². The summed E-state index contributed by atoms with van der Waals surface area (Å²) in [4.78, 5) is 25.2. The summed E-state index contributed by atoms with van der Waals surface area (Å²) in [7, 11) is 1.66. The van der Waals surface area contributed by atoms with E-state index in [0.29, 0.717) is 44.4 Å². The Morgan fingerprint density at radius 1 is 1.03 bits per heavy atom. The van der Waals surface area contributed by atoms with E-state index in [4.69, 9.17) is 4.74 Å². The molecular formula is C21H26F2N8O2. The van der Waals surface area contributed by atoms with E-state index in [1.54, 1.807) is 11.9 Å². The fourth-order valence-corrected chi connectivity index (χ4v) is 4.43. The van der Waals surface area contributed by atoms with E-state index in [1.807, 2.05) is 4.90 Å². The molecule has 2 saturated heterocycles. The number of aryl methyl sites for hydroxylation is 1. The van der Waals surface area contributed by atoms with E-state index < -0.39 is 11.6 Å². The molecule has 0 aliphatic carbocycles.